The molecule has 1 aromatic carbocycles. The van der Waals surface area contributed by atoms with Crippen LogP contribution in [-0.4, -0.2) is 9.55 Å². The molecule has 1 aliphatic rings. The molecule has 0 amide bonds. The van der Waals surface area contributed by atoms with E-state index in [1.807, 2.05) is 35.2 Å². The summed E-state index contributed by atoms with van der Waals surface area (Å²) in [6, 6.07) is 7.84. The zero-order valence-corrected chi connectivity index (χ0v) is 8.43. The van der Waals surface area contributed by atoms with E-state index in [1.54, 1.807) is 0 Å². The van der Waals surface area contributed by atoms with Crippen LogP contribution in [0.25, 0.3) is 5.69 Å². The second-order valence-electron chi connectivity index (χ2n) is 4.08. The summed E-state index contributed by atoms with van der Waals surface area (Å²) in [5.41, 5.74) is 8.81. The van der Waals surface area contributed by atoms with Crippen LogP contribution in [0.5, 0.6) is 0 Å². The van der Waals surface area contributed by atoms with Crippen molar-refractivity contribution in [3.05, 3.63) is 42.5 Å². The van der Waals surface area contributed by atoms with Crippen LogP contribution in [0, 0.1) is 0 Å². The lowest BCUT2D eigenvalue weighted by Gasteiger charge is -2.01. The molecule has 0 unspecified atom stereocenters. The fourth-order valence-corrected chi connectivity index (χ4v) is 1.75. The molecule has 2 N–H and O–H groups in total. The number of hydrogen-bond acceptors (Lipinski definition) is 2. The SMILES string of the molecule is Nc1cccc(-n2cnc(C3CC3)c2)c1. The van der Waals surface area contributed by atoms with Crippen LogP contribution >= 0.6 is 0 Å². The summed E-state index contributed by atoms with van der Waals surface area (Å²) in [4.78, 5) is 4.41. The van der Waals surface area contributed by atoms with Gasteiger partial charge in [0, 0.05) is 23.5 Å². The third kappa shape index (κ3) is 1.61. The summed E-state index contributed by atoms with van der Waals surface area (Å²) in [5.74, 6) is 0.701. The molecule has 0 spiro atoms. The van der Waals surface area contributed by atoms with Crippen LogP contribution in [0.4, 0.5) is 5.69 Å². The summed E-state index contributed by atoms with van der Waals surface area (Å²) in [7, 11) is 0. The Morgan fingerprint density at radius 3 is 2.93 bits per heavy atom. The third-order valence-electron chi connectivity index (χ3n) is 2.77. The maximum atomic E-state index is 5.74. The second-order valence-corrected chi connectivity index (χ2v) is 4.08. The molecule has 1 aliphatic carbocycles. The maximum absolute atomic E-state index is 5.74. The highest BCUT2D eigenvalue weighted by Gasteiger charge is 2.25. The van der Waals surface area contributed by atoms with Crippen molar-refractivity contribution in [2.45, 2.75) is 18.8 Å². The highest BCUT2D eigenvalue weighted by atomic mass is 15.0. The van der Waals surface area contributed by atoms with Gasteiger partial charge in [0.15, 0.2) is 0 Å². The minimum Gasteiger partial charge on any atom is -0.399 e. The van der Waals surface area contributed by atoms with Crippen LogP contribution in [0.3, 0.4) is 0 Å². The van der Waals surface area contributed by atoms with Crippen molar-refractivity contribution in [3.8, 4) is 5.69 Å². The zero-order chi connectivity index (χ0) is 10.3. The molecule has 3 heteroatoms. The van der Waals surface area contributed by atoms with Gasteiger partial charge in [0.1, 0.15) is 0 Å². The van der Waals surface area contributed by atoms with Crippen LogP contribution in [0.15, 0.2) is 36.8 Å². The Labute approximate surface area is 88.6 Å². The average Bonchev–Trinajstić information content (AvgIpc) is 2.97. The van der Waals surface area contributed by atoms with E-state index in [0.717, 1.165) is 11.4 Å². The average molecular weight is 199 g/mol. The molecule has 3 rings (SSSR count). The first-order valence-corrected chi connectivity index (χ1v) is 5.23. The predicted molar refractivity (Wildman–Crippen MR) is 60.0 cm³/mol. The minimum atomic E-state index is 0.701. The van der Waals surface area contributed by atoms with Gasteiger partial charge in [0.2, 0.25) is 0 Å². The van der Waals surface area contributed by atoms with Crippen LogP contribution < -0.4 is 5.73 Å². The number of hydrogen-bond donors (Lipinski definition) is 1. The molecule has 0 bridgehead atoms. The van der Waals surface area contributed by atoms with E-state index in [-0.39, 0.29) is 0 Å². The molecule has 3 nitrogen and oxygen atoms in total. The van der Waals surface area contributed by atoms with Crippen LogP contribution in [0.1, 0.15) is 24.5 Å². The first kappa shape index (κ1) is 8.53. The van der Waals surface area contributed by atoms with Crippen molar-refractivity contribution in [1.29, 1.82) is 0 Å². The standard InChI is InChI=1S/C12H13N3/c13-10-2-1-3-11(6-10)15-7-12(14-8-15)9-4-5-9/h1-3,6-9H,4-5,13H2. The van der Waals surface area contributed by atoms with E-state index in [9.17, 15) is 0 Å². The molecule has 1 fully saturated rings. The van der Waals surface area contributed by atoms with Crippen molar-refractivity contribution in [1.82, 2.24) is 9.55 Å². The van der Waals surface area contributed by atoms with E-state index in [0.29, 0.717) is 5.92 Å². The minimum absolute atomic E-state index is 0.701. The Morgan fingerprint density at radius 2 is 2.20 bits per heavy atom. The number of nitrogens with zero attached hydrogens (tertiary/aromatic N) is 2. The molecule has 0 aliphatic heterocycles. The lowest BCUT2D eigenvalue weighted by atomic mass is 10.3. The molecule has 0 saturated heterocycles. The van der Waals surface area contributed by atoms with Gasteiger partial charge in [-0.3, -0.25) is 0 Å². The number of nitrogen functional groups attached to an aromatic ring is 1. The van der Waals surface area contributed by atoms with Gasteiger partial charge in [-0.2, -0.15) is 0 Å². The van der Waals surface area contributed by atoms with Gasteiger partial charge in [-0.25, -0.2) is 4.98 Å². The second kappa shape index (κ2) is 3.12. The third-order valence-corrected chi connectivity index (χ3v) is 2.77. The van der Waals surface area contributed by atoms with Gasteiger partial charge in [-0.15, -0.1) is 0 Å². The van der Waals surface area contributed by atoms with Crippen molar-refractivity contribution >= 4 is 5.69 Å². The van der Waals surface area contributed by atoms with E-state index < -0.39 is 0 Å². The normalized spacial score (nSPS) is 15.5. The van der Waals surface area contributed by atoms with Gasteiger partial charge < -0.3 is 10.3 Å². The topological polar surface area (TPSA) is 43.8 Å². The van der Waals surface area contributed by atoms with E-state index in [2.05, 4.69) is 11.2 Å². The van der Waals surface area contributed by atoms with Crippen molar-refractivity contribution in [2.24, 2.45) is 0 Å². The molecule has 1 aromatic heterocycles. The number of anilines is 1. The van der Waals surface area contributed by atoms with Crippen molar-refractivity contribution in [3.63, 3.8) is 0 Å². The number of aromatic nitrogens is 2. The summed E-state index contributed by atoms with van der Waals surface area (Å²) < 4.78 is 2.03. The Bertz CT molecular complexity index is 483. The largest absolute Gasteiger partial charge is 0.399 e. The highest BCUT2D eigenvalue weighted by Crippen LogP contribution is 2.39. The quantitative estimate of drug-likeness (QED) is 0.754. The number of nitrogens with two attached hydrogens (primary N) is 1. The number of imidazole rings is 1. The Hall–Kier alpha value is -1.77. The van der Waals surface area contributed by atoms with Crippen LogP contribution in [0.2, 0.25) is 0 Å². The Morgan fingerprint density at radius 1 is 1.33 bits per heavy atom. The molecule has 2 aromatic rings. The smallest absolute Gasteiger partial charge is 0.0995 e. The Balaban J connectivity index is 1.97. The van der Waals surface area contributed by atoms with Gasteiger partial charge in [0.05, 0.1) is 12.0 Å². The summed E-state index contributed by atoms with van der Waals surface area (Å²) in [6.07, 6.45) is 6.54. The maximum Gasteiger partial charge on any atom is 0.0995 e. The molecule has 1 saturated carbocycles. The van der Waals surface area contributed by atoms with E-state index in [4.69, 9.17) is 5.73 Å². The first-order valence-electron chi connectivity index (χ1n) is 5.23. The predicted octanol–water partition coefficient (Wildman–Crippen LogP) is 2.33. The number of benzene rings is 1. The molecule has 1 heterocycles. The molecular formula is C12H13N3. The Kier molecular flexibility index (Phi) is 1.78. The number of rotatable bonds is 2. The lowest BCUT2D eigenvalue weighted by Crippen LogP contribution is -1.92. The van der Waals surface area contributed by atoms with Gasteiger partial charge in [-0.1, -0.05) is 6.07 Å². The van der Waals surface area contributed by atoms with E-state index >= 15 is 0 Å². The fraction of sp³-hybridized carbons (Fsp3) is 0.250. The van der Waals surface area contributed by atoms with Gasteiger partial charge in [0.25, 0.3) is 0 Å². The van der Waals surface area contributed by atoms with Crippen molar-refractivity contribution < 1.29 is 0 Å². The molecule has 76 valence electrons. The molecule has 15 heavy (non-hydrogen) atoms. The zero-order valence-electron chi connectivity index (χ0n) is 8.43. The lowest BCUT2D eigenvalue weighted by molar-refractivity contribution is 1.05. The van der Waals surface area contributed by atoms with Crippen molar-refractivity contribution in [2.75, 3.05) is 5.73 Å². The molecule has 0 atom stereocenters. The molecular weight excluding hydrogens is 186 g/mol. The first-order chi connectivity index (χ1) is 7.33. The molecule has 0 radical (unpaired) electrons. The highest BCUT2D eigenvalue weighted by molar-refractivity contribution is 5.47. The van der Waals surface area contributed by atoms with Gasteiger partial charge in [-0.05, 0) is 31.0 Å². The summed E-state index contributed by atoms with van der Waals surface area (Å²) >= 11 is 0. The summed E-state index contributed by atoms with van der Waals surface area (Å²) in [6.45, 7) is 0. The van der Waals surface area contributed by atoms with Gasteiger partial charge >= 0.3 is 0 Å². The monoisotopic (exact) mass is 199 g/mol. The summed E-state index contributed by atoms with van der Waals surface area (Å²) in [5, 5.41) is 0. The van der Waals surface area contributed by atoms with E-state index in [1.165, 1.54) is 18.5 Å². The van der Waals surface area contributed by atoms with Crippen LogP contribution in [-0.2, 0) is 0 Å². The fourth-order valence-electron chi connectivity index (χ4n) is 1.75.